The van der Waals surface area contributed by atoms with E-state index in [0.29, 0.717) is 18.9 Å². The van der Waals surface area contributed by atoms with E-state index in [2.05, 4.69) is 12.2 Å². The number of methoxy groups -OCH3 is 1. The molecule has 0 radical (unpaired) electrons. The first-order chi connectivity index (χ1) is 9.06. The van der Waals surface area contributed by atoms with Crippen LogP contribution in [0.3, 0.4) is 0 Å². The fourth-order valence-corrected chi connectivity index (χ4v) is 1.80. The molecular weight excluding hydrogens is 240 g/mol. The third-order valence-electron chi connectivity index (χ3n) is 3.24. The van der Waals surface area contributed by atoms with Gasteiger partial charge in [-0.3, -0.25) is 4.79 Å². The molecule has 1 aromatic rings. The highest BCUT2D eigenvalue weighted by molar-refractivity contribution is 5.76. The quantitative estimate of drug-likeness (QED) is 0.794. The van der Waals surface area contributed by atoms with Crippen molar-refractivity contribution in [2.24, 2.45) is 11.7 Å². The van der Waals surface area contributed by atoms with E-state index in [1.165, 1.54) is 0 Å². The molecule has 2 unspecified atom stereocenters. The second-order valence-electron chi connectivity index (χ2n) is 4.95. The second-order valence-corrected chi connectivity index (χ2v) is 4.95. The lowest BCUT2D eigenvalue weighted by atomic mass is 10.0. The van der Waals surface area contributed by atoms with E-state index >= 15 is 0 Å². The summed E-state index contributed by atoms with van der Waals surface area (Å²) in [6.45, 7) is 4.65. The third kappa shape index (κ3) is 5.30. The van der Waals surface area contributed by atoms with Gasteiger partial charge in [-0.2, -0.15) is 0 Å². The fourth-order valence-electron chi connectivity index (χ4n) is 1.80. The van der Waals surface area contributed by atoms with Gasteiger partial charge in [-0.05, 0) is 43.5 Å². The highest BCUT2D eigenvalue weighted by atomic mass is 16.5. The number of hydrogen-bond acceptors (Lipinski definition) is 3. The third-order valence-corrected chi connectivity index (χ3v) is 3.24. The first-order valence-electron chi connectivity index (χ1n) is 6.70. The van der Waals surface area contributed by atoms with Crippen LogP contribution in [0.15, 0.2) is 24.3 Å². The Hall–Kier alpha value is -1.55. The standard InChI is InChI=1S/C15H24N2O2/c1-11(10-16)7-8-15(18)17-12(2)13-5-4-6-14(9-13)19-3/h4-6,9,11-12H,7-8,10,16H2,1-3H3,(H,17,18). The van der Waals surface area contributed by atoms with Crippen LogP contribution in [-0.4, -0.2) is 19.6 Å². The van der Waals surface area contributed by atoms with Crippen molar-refractivity contribution in [1.29, 1.82) is 0 Å². The van der Waals surface area contributed by atoms with E-state index in [-0.39, 0.29) is 11.9 Å². The van der Waals surface area contributed by atoms with Crippen LogP contribution >= 0.6 is 0 Å². The van der Waals surface area contributed by atoms with Gasteiger partial charge in [0.25, 0.3) is 0 Å². The number of benzene rings is 1. The van der Waals surface area contributed by atoms with Crippen molar-refractivity contribution in [3.05, 3.63) is 29.8 Å². The van der Waals surface area contributed by atoms with Gasteiger partial charge in [0.2, 0.25) is 5.91 Å². The Labute approximate surface area is 115 Å². The summed E-state index contributed by atoms with van der Waals surface area (Å²) in [5.74, 6) is 1.25. The average molecular weight is 264 g/mol. The molecule has 0 heterocycles. The van der Waals surface area contributed by atoms with Crippen LogP contribution in [0.4, 0.5) is 0 Å². The zero-order valence-corrected chi connectivity index (χ0v) is 12.0. The molecule has 4 heteroatoms. The van der Waals surface area contributed by atoms with Gasteiger partial charge in [0.05, 0.1) is 13.2 Å². The SMILES string of the molecule is COc1cccc(C(C)NC(=O)CCC(C)CN)c1. The van der Waals surface area contributed by atoms with Crippen LogP contribution in [0.5, 0.6) is 5.75 Å². The molecule has 0 fully saturated rings. The van der Waals surface area contributed by atoms with Crippen molar-refractivity contribution in [1.82, 2.24) is 5.32 Å². The van der Waals surface area contributed by atoms with Crippen molar-refractivity contribution in [2.75, 3.05) is 13.7 Å². The molecule has 106 valence electrons. The number of hydrogen-bond donors (Lipinski definition) is 2. The van der Waals surface area contributed by atoms with Crippen LogP contribution in [0.25, 0.3) is 0 Å². The molecule has 2 atom stereocenters. The smallest absolute Gasteiger partial charge is 0.220 e. The monoisotopic (exact) mass is 264 g/mol. The zero-order chi connectivity index (χ0) is 14.3. The lowest BCUT2D eigenvalue weighted by Gasteiger charge is -2.16. The molecule has 0 bridgehead atoms. The molecule has 0 spiro atoms. The summed E-state index contributed by atoms with van der Waals surface area (Å²) in [6, 6.07) is 7.72. The maximum Gasteiger partial charge on any atom is 0.220 e. The minimum Gasteiger partial charge on any atom is -0.497 e. The lowest BCUT2D eigenvalue weighted by molar-refractivity contribution is -0.122. The maximum atomic E-state index is 11.8. The Morgan fingerprint density at radius 2 is 2.16 bits per heavy atom. The molecule has 0 aliphatic rings. The normalized spacial score (nSPS) is 13.7. The van der Waals surface area contributed by atoms with Crippen molar-refractivity contribution < 1.29 is 9.53 Å². The maximum absolute atomic E-state index is 11.8. The molecule has 0 aliphatic heterocycles. The predicted molar refractivity (Wildman–Crippen MR) is 77.0 cm³/mol. The number of nitrogens with one attached hydrogen (secondary N) is 1. The van der Waals surface area contributed by atoms with Gasteiger partial charge >= 0.3 is 0 Å². The van der Waals surface area contributed by atoms with Crippen molar-refractivity contribution in [2.45, 2.75) is 32.7 Å². The summed E-state index contributed by atoms with van der Waals surface area (Å²) in [7, 11) is 1.64. The number of rotatable bonds is 7. The molecule has 4 nitrogen and oxygen atoms in total. The molecule has 3 N–H and O–H groups in total. The Morgan fingerprint density at radius 1 is 1.42 bits per heavy atom. The van der Waals surface area contributed by atoms with E-state index in [1.54, 1.807) is 7.11 Å². The molecule has 19 heavy (non-hydrogen) atoms. The van der Waals surface area contributed by atoms with E-state index in [9.17, 15) is 4.79 Å². The van der Waals surface area contributed by atoms with Crippen LogP contribution in [0.2, 0.25) is 0 Å². The van der Waals surface area contributed by atoms with E-state index in [1.807, 2.05) is 31.2 Å². The van der Waals surface area contributed by atoms with E-state index in [4.69, 9.17) is 10.5 Å². The zero-order valence-electron chi connectivity index (χ0n) is 12.0. The highest BCUT2D eigenvalue weighted by Gasteiger charge is 2.11. The molecule has 1 aromatic carbocycles. The summed E-state index contributed by atoms with van der Waals surface area (Å²) in [5.41, 5.74) is 6.58. The van der Waals surface area contributed by atoms with Gasteiger partial charge in [-0.25, -0.2) is 0 Å². The minimum absolute atomic E-state index is 0.0178. The van der Waals surface area contributed by atoms with Gasteiger partial charge in [-0.1, -0.05) is 19.1 Å². The summed E-state index contributed by atoms with van der Waals surface area (Å²) in [5, 5.41) is 2.99. The van der Waals surface area contributed by atoms with Crippen molar-refractivity contribution >= 4 is 5.91 Å². The Kier molecular flexibility index (Phi) is 6.36. The Balaban J connectivity index is 2.49. The topological polar surface area (TPSA) is 64.3 Å². The molecule has 0 aliphatic carbocycles. The number of amides is 1. The lowest BCUT2D eigenvalue weighted by Crippen LogP contribution is -2.27. The van der Waals surface area contributed by atoms with E-state index < -0.39 is 0 Å². The Morgan fingerprint density at radius 3 is 2.79 bits per heavy atom. The number of carbonyl (C=O) groups excluding carboxylic acids is 1. The van der Waals surface area contributed by atoms with Crippen LogP contribution in [-0.2, 0) is 4.79 Å². The van der Waals surface area contributed by atoms with Crippen LogP contribution in [0, 0.1) is 5.92 Å². The first kappa shape index (κ1) is 15.5. The second kappa shape index (κ2) is 7.79. The van der Waals surface area contributed by atoms with Gasteiger partial charge < -0.3 is 15.8 Å². The van der Waals surface area contributed by atoms with Gasteiger partial charge in [-0.15, -0.1) is 0 Å². The molecule has 0 saturated carbocycles. The summed E-state index contributed by atoms with van der Waals surface area (Å²) < 4.78 is 5.18. The summed E-state index contributed by atoms with van der Waals surface area (Å²) in [4.78, 5) is 11.8. The minimum atomic E-state index is -0.0178. The fraction of sp³-hybridized carbons (Fsp3) is 0.533. The number of carbonyl (C=O) groups is 1. The van der Waals surface area contributed by atoms with Gasteiger partial charge in [0, 0.05) is 6.42 Å². The Bertz CT molecular complexity index is 407. The highest BCUT2D eigenvalue weighted by Crippen LogP contribution is 2.19. The molecule has 0 aromatic heterocycles. The number of ether oxygens (including phenoxy) is 1. The molecule has 1 amide bonds. The number of nitrogens with two attached hydrogens (primary N) is 1. The van der Waals surface area contributed by atoms with Crippen molar-refractivity contribution in [3.8, 4) is 5.75 Å². The van der Waals surface area contributed by atoms with Crippen LogP contribution in [0.1, 0.15) is 38.3 Å². The molecule has 1 rings (SSSR count). The summed E-state index contributed by atoms with van der Waals surface area (Å²) in [6.07, 6.45) is 1.35. The van der Waals surface area contributed by atoms with E-state index in [0.717, 1.165) is 17.7 Å². The van der Waals surface area contributed by atoms with Crippen LogP contribution < -0.4 is 15.8 Å². The van der Waals surface area contributed by atoms with Gasteiger partial charge in [0.15, 0.2) is 0 Å². The molecular formula is C15H24N2O2. The summed E-state index contributed by atoms with van der Waals surface area (Å²) >= 11 is 0. The average Bonchev–Trinajstić information content (AvgIpc) is 2.44. The van der Waals surface area contributed by atoms with Gasteiger partial charge in [0.1, 0.15) is 5.75 Å². The predicted octanol–water partition coefficient (Wildman–Crippen LogP) is 2.25. The first-order valence-corrected chi connectivity index (χ1v) is 6.70. The largest absolute Gasteiger partial charge is 0.497 e. The van der Waals surface area contributed by atoms with Crippen molar-refractivity contribution in [3.63, 3.8) is 0 Å². The molecule has 0 saturated heterocycles.